The van der Waals surface area contributed by atoms with Crippen LogP contribution in [0.2, 0.25) is 10.0 Å². The molecule has 1 N–H and O–H groups in total. The van der Waals surface area contributed by atoms with E-state index >= 15 is 0 Å². The molecule has 1 aromatic carbocycles. The zero-order valence-corrected chi connectivity index (χ0v) is 12.7. The monoisotopic (exact) mass is 292 g/mol. The summed E-state index contributed by atoms with van der Waals surface area (Å²) in [5, 5.41) is 10.7. The van der Waals surface area contributed by atoms with E-state index in [1.165, 1.54) is 12.1 Å². The fraction of sp³-hybridized carbons (Fsp3) is 0.571. The maximum Gasteiger partial charge on any atom is 0.142 e. The second kappa shape index (κ2) is 5.36. The highest BCUT2D eigenvalue weighted by atomic mass is 35.5. The SMILES string of the molecule is CC(C)(C)CCC(C)(O)c1cc(F)c(Cl)cc1Cl. The molecule has 0 aromatic heterocycles. The van der Waals surface area contributed by atoms with Crippen molar-refractivity contribution in [3.05, 3.63) is 33.6 Å². The first-order valence-electron chi connectivity index (χ1n) is 5.90. The molecule has 0 amide bonds. The quantitative estimate of drug-likeness (QED) is 0.763. The zero-order chi connectivity index (χ0) is 14.1. The van der Waals surface area contributed by atoms with Gasteiger partial charge in [-0.25, -0.2) is 4.39 Å². The average Bonchev–Trinajstić information content (AvgIpc) is 2.19. The standard InChI is InChI=1S/C14H19Cl2FO/c1-13(2,3)5-6-14(4,18)9-7-12(17)11(16)8-10(9)15/h7-8,18H,5-6H2,1-4H3. The molecule has 0 bridgehead atoms. The van der Waals surface area contributed by atoms with Crippen molar-refractivity contribution in [3.63, 3.8) is 0 Å². The Kier molecular flexibility index (Phi) is 4.69. The topological polar surface area (TPSA) is 20.2 Å². The minimum atomic E-state index is -1.16. The van der Waals surface area contributed by atoms with Crippen molar-refractivity contribution in [1.82, 2.24) is 0 Å². The van der Waals surface area contributed by atoms with Gasteiger partial charge in [-0.3, -0.25) is 0 Å². The van der Waals surface area contributed by atoms with E-state index in [0.29, 0.717) is 17.0 Å². The first-order valence-corrected chi connectivity index (χ1v) is 6.66. The fourth-order valence-corrected chi connectivity index (χ4v) is 2.28. The minimum Gasteiger partial charge on any atom is -0.385 e. The molecule has 0 saturated carbocycles. The Labute approximate surface area is 118 Å². The summed E-state index contributed by atoms with van der Waals surface area (Å²) >= 11 is 11.7. The van der Waals surface area contributed by atoms with Crippen molar-refractivity contribution in [1.29, 1.82) is 0 Å². The van der Waals surface area contributed by atoms with Crippen LogP contribution >= 0.6 is 23.2 Å². The molecule has 0 heterocycles. The molecular formula is C14H19Cl2FO. The molecule has 0 radical (unpaired) electrons. The Morgan fingerprint density at radius 3 is 2.11 bits per heavy atom. The van der Waals surface area contributed by atoms with Crippen LogP contribution in [0.4, 0.5) is 4.39 Å². The summed E-state index contributed by atoms with van der Waals surface area (Å²) in [6, 6.07) is 2.55. The lowest BCUT2D eigenvalue weighted by atomic mass is 9.82. The summed E-state index contributed by atoms with van der Waals surface area (Å²) in [5.74, 6) is -0.563. The summed E-state index contributed by atoms with van der Waals surface area (Å²) in [6.45, 7) is 7.92. The first-order chi connectivity index (χ1) is 8.03. The summed E-state index contributed by atoms with van der Waals surface area (Å²) in [6.07, 6.45) is 1.32. The van der Waals surface area contributed by atoms with E-state index in [2.05, 4.69) is 20.8 Å². The Morgan fingerprint density at radius 2 is 1.61 bits per heavy atom. The van der Waals surface area contributed by atoms with Gasteiger partial charge in [-0.1, -0.05) is 44.0 Å². The van der Waals surface area contributed by atoms with Gasteiger partial charge in [0.15, 0.2) is 0 Å². The molecule has 1 unspecified atom stereocenters. The van der Waals surface area contributed by atoms with Gasteiger partial charge in [0, 0.05) is 10.6 Å². The van der Waals surface area contributed by atoms with Gasteiger partial charge in [0.05, 0.1) is 10.6 Å². The maximum atomic E-state index is 13.5. The van der Waals surface area contributed by atoms with Crippen LogP contribution in [0, 0.1) is 11.2 Å². The number of benzene rings is 1. The van der Waals surface area contributed by atoms with Crippen molar-refractivity contribution >= 4 is 23.2 Å². The largest absolute Gasteiger partial charge is 0.385 e. The highest BCUT2D eigenvalue weighted by molar-refractivity contribution is 6.35. The second-order valence-corrected chi connectivity index (χ2v) is 6.90. The average molecular weight is 293 g/mol. The van der Waals surface area contributed by atoms with Gasteiger partial charge in [-0.15, -0.1) is 0 Å². The lowest BCUT2D eigenvalue weighted by Gasteiger charge is -2.29. The van der Waals surface area contributed by atoms with Crippen molar-refractivity contribution in [2.45, 2.75) is 46.1 Å². The van der Waals surface area contributed by atoms with E-state index in [9.17, 15) is 9.50 Å². The van der Waals surface area contributed by atoms with E-state index in [1.807, 2.05) is 0 Å². The second-order valence-electron chi connectivity index (χ2n) is 6.08. The zero-order valence-electron chi connectivity index (χ0n) is 11.2. The molecule has 1 rings (SSSR count). The van der Waals surface area contributed by atoms with E-state index < -0.39 is 11.4 Å². The number of aliphatic hydroxyl groups is 1. The van der Waals surface area contributed by atoms with Gasteiger partial charge < -0.3 is 5.11 Å². The molecule has 1 aromatic rings. The molecule has 0 saturated heterocycles. The lowest BCUT2D eigenvalue weighted by molar-refractivity contribution is 0.0356. The van der Waals surface area contributed by atoms with Gasteiger partial charge in [-0.05, 0) is 37.3 Å². The molecule has 0 spiro atoms. The van der Waals surface area contributed by atoms with E-state index in [-0.39, 0.29) is 10.4 Å². The van der Waals surface area contributed by atoms with Crippen LogP contribution in [0.25, 0.3) is 0 Å². The van der Waals surface area contributed by atoms with Crippen molar-refractivity contribution < 1.29 is 9.50 Å². The smallest absolute Gasteiger partial charge is 0.142 e. The molecule has 0 aliphatic carbocycles. The van der Waals surface area contributed by atoms with E-state index in [1.54, 1.807) is 6.92 Å². The van der Waals surface area contributed by atoms with Crippen LogP contribution in [0.5, 0.6) is 0 Å². The molecule has 0 fully saturated rings. The highest BCUT2D eigenvalue weighted by Crippen LogP contribution is 2.37. The van der Waals surface area contributed by atoms with E-state index in [4.69, 9.17) is 23.2 Å². The van der Waals surface area contributed by atoms with Crippen LogP contribution in [0.3, 0.4) is 0 Å². The minimum absolute atomic E-state index is 0.0321. The molecule has 1 atom stereocenters. The van der Waals surface area contributed by atoms with Gasteiger partial charge >= 0.3 is 0 Å². The summed E-state index contributed by atoms with van der Waals surface area (Å²) in [4.78, 5) is 0. The summed E-state index contributed by atoms with van der Waals surface area (Å²) < 4.78 is 13.5. The summed E-state index contributed by atoms with van der Waals surface area (Å²) in [7, 11) is 0. The van der Waals surface area contributed by atoms with Crippen molar-refractivity contribution in [2.24, 2.45) is 5.41 Å². The molecule has 0 aliphatic heterocycles. The normalized spacial score (nSPS) is 15.6. The van der Waals surface area contributed by atoms with Gasteiger partial charge in [-0.2, -0.15) is 0 Å². The van der Waals surface area contributed by atoms with E-state index in [0.717, 1.165) is 6.42 Å². The molecule has 102 valence electrons. The number of hydrogen-bond donors (Lipinski definition) is 1. The molecule has 1 nitrogen and oxygen atoms in total. The van der Waals surface area contributed by atoms with Gasteiger partial charge in [0.1, 0.15) is 5.82 Å². The van der Waals surface area contributed by atoms with Gasteiger partial charge in [0.25, 0.3) is 0 Å². The fourth-order valence-electron chi connectivity index (χ4n) is 1.69. The predicted octanol–water partition coefficient (Wildman–Crippen LogP) is 5.17. The molecular weight excluding hydrogens is 274 g/mol. The third-order valence-electron chi connectivity index (χ3n) is 2.95. The molecule has 4 heteroatoms. The third-order valence-corrected chi connectivity index (χ3v) is 3.55. The van der Waals surface area contributed by atoms with Crippen LogP contribution in [0.15, 0.2) is 12.1 Å². The highest BCUT2D eigenvalue weighted by Gasteiger charge is 2.28. The summed E-state index contributed by atoms with van der Waals surface area (Å²) in [5.41, 5.74) is -0.674. The van der Waals surface area contributed by atoms with Crippen LogP contribution < -0.4 is 0 Å². The maximum absolute atomic E-state index is 13.5. The van der Waals surface area contributed by atoms with Gasteiger partial charge in [0.2, 0.25) is 0 Å². The Bertz CT molecular complexity index is 436. The van der Waals surface area contributed by atoms with Crippen LogP contribution in [-0.4, -0.2) is 5.11 Å². The Balaban J connectivity index is 3.01. The van der Waals surface area contributed by atoms with Crippen LogP contribution in [0.1, 0.15) is 46.1 Å². The third kappa shape index (κ3) is 4.11. The van der Waals surface area contributed by atoms with Crippen molar-refractivity contribution in [3.8, 4) is 0 Å². The Morgan fingerprint density at radius 1 is 1.06 bits per heavy atom. The van der Waals surface area contributed by atoms with Crippen LogP contribution in [-0.2, 0) is 5.60 Å². The molecule has 0 aliphatic rings. The predicted molar refractivity (Wildman–Crippen MR) is 74.7 cm³/mol. The Hall–Kier alpha value is -0.310. The number of rotatable bonds is 3. The molecule has 18 heavy (non-hydrogen) atoms. The first kappa shape index (κ1) is 15.7. The number of halogens is 3. The lowest BCUT2D eigenvalue weighted by Crippen LogP contribution is -2.24. The number of hydrogen-bond acceptors (Lipinski definition) is 1. The van der Waals surface area contributed by atoms with Crippen molar-refractivity contribution in [2.75, 3.05) is 0 Å².